The van der Waals surface area contributed by atoms with Gasteiger partial charge in [-0.15, -0.1) is 11.3 Å². The van der Waals surface area contributed by atoms with Crippen molar-refractivity contribution in [1.29, 1.82) is 0 Å². The van der Waals surface area contributed by atoms with Gasteiger partial charge in [0.2, 0.25) is 0 Å². The summed E-state index contributed by atoms with van der Waals surface area (Å²) >= 11 is 1.40. The van der Waals surface area contributed by atoms with E-state index in [1.165, 1.54) is 11.3 Å². The number of aliphatic carboxylic acids is 1. The fourth-order valence-electron chi connectivity index (χ4n) is 2.56. The van der Waals surface area contributed by atoms with Gasteiger partial charge in [-0.3, -0.25) is 0 Å². The van der Waals surface area contributed by atoms with Gasteiger partial charge in [-0.1, -0.05) is 36.4 Å². The van der Waals surface area contributed by atoms with Crippen molar-refractivity contribution in [3.63, 3.8) is 0 Å². The molecule has 0 atom stereocenters. The lowest BCUT2D eigenvalue weighted by molar-refractivity contribution is -0.130. The molecule has 0 bridgehead atoms. The lowest BCUT2D eigenvalue weighted by Gasteiger charge is -2.10. The molecule has 0 radical (unpaired) electrons. The molecule has 0 aliphatic heterocycles. The van der Waals surface area contributed by atoms with Crippen LogP contribution in [-0.2, 0) is 4.79 Å². The van der Waals surface area contributed by atoms with Gasteiger partial charge in [-0.25, -0.2) is 4.79 Å². The largest absolute Gasteiger partial charge is 0.490 e. The van der Waals surface area contributed by atoms with Gasteiger partial charge in [0.15, 0.2) is 0 Å². The maximum Gasteiger partial charge on any atom is 0.337 e. The van der Waals surface area contributed by atoms with Crippen molar-refractivity contribution >= 4 is 29.0 Å². The van der Waals surface area contributed by atoms with Gasteiger partial charge in [-0.05, 0) is 53.8 Å². The van der Waals surface area contributed by atoms with E-state index in [1.54, 1.807) is 12.1 Å². The Kier molecular flexibility index (Phi) is 6.28. The Bertz CT molecular complexity index is 929. The molecular formula is C22H20O4S. The number of rotatable bonds is 8. The second-order valence-corrected chi connectivity index (χ2v) is 6.82. The van der Waals surface area contributed by atoms with Crippen molar-refractivity contribution in [2.24, 2.45) is 0 Å². The van der Waals surface area contributed by atoms with Gasteiger partial charge in [-0.2, -0.15) is 0 Å². The summed E-state index contributed by atoms with van der Waals surface area (Å²) in [5.74, 6) is 0.572. The fourth-order valence-corrected chi connectivity index (χ4v) is 3.29. The summed E-state index contributed by atoms with van der Waals surface area (Å²) in [7, 11) is 0. The van der Waals surface area contributed by atoms with E-state index >= 15 is 0 Å². The number of carbonyl (C=O) groups is 1. The Morgan fingerprint density at radius 3 is 2.59 bits per heavy atom. The molecule has 0 spiro atoms. The van der Waals surface area contributed by atoms with E-state index in [0.29, 0.717) is 19.0 Å². The number of aryl methyl sites for hydroxylation is 1. The van der Waals surface area contributed by atoms with E-state index in [9.17, 15) is 9.90 Å². The topological polar surface area (TPSA) is 55.8 Å². The summed E-state index contributed by atoms with van der Waals surface area (Å²) in [6.07, 6.45) is 1.66. The van der Waals surface area contributed by atoms with E-state index in [4.69, 9.17) is 9.47 Å². The summed E-state index contributed by atoms with van der Waals surface area (Å²) in [6, 6.07) is 18.8. The van der Waals surface area contributed by atoms with Crippen LogP contribution in [0, 0.1) is 6.92 Å². The molecule has 27 heavy (non-hydrogen) atoms. The van der Waals surface area contributed by atoms with Crippen LogP contribution in [0.2, 0.25) is 0 Å². The molecule has 0 unspecified atom stereocenters. The highest BCUT2D eigenvalue weighted by Crippen LogP contribution is 2.24. The average molecular weight is 380 g/mol. The molecule has 1 N–H and O–H groups in total. The van der Waals surface area contributed by atoms with Gasteiger partial charge < -0.3 is 14.6 Å². The van der Waals surface area contributed by atoms with Gasteiger partial charge in [0.1, 0.15) is 24.7 Å². The van der Waals surface area contributed by atoms with Crippen LogP contribution in [-0.4, -0.2) is 24.3 Å². The highest BCUT2D eigenvalue weighted by atomic mass is 32.1. The van der Waals surface area contributed by atoms with E-state index < -0.39 is 5.97 Å². The Balaban J connectivity index is 1.62. The molecule has 1 aromatic heterocycles. The second-order valence-electron chi connectivity index (χ2n) is 5.88. The van der Waals surface area contributed by atoms with Crippen molar-refractivity contribution in [2.45, 2.75) is 6.92 Å². The average Bonchev–Trinajstić information content (AvgIpc) is 3.19. The predicted molar refractivity (Wildman–Crippen MR) is 108 cm³/mol. The molecule has 2 aromatic carbocycles. The first-order chi connectivity index (χ1) is 13.1. The van der Waals surface area contributed by atoms with Crippen molar-refractivity contribution in [2.75, 3.05) is 13.2 Å². The Morgan fingerprint density at radius 2 is 1.85 bits per heavy atom. The smallest absolute Gasteiger partial charge is 0.337 e. The second kappa shape index (κ2) is 9.05. The standard InChI is InChI=1S/C22H20O4S/c1-16-6-2-3-9-20(16)26-12-11-25-18-8-4-7-17(14-18)15-19(22(23)24)21-10-5-13-27-21/h2-10,13-15H,11-12H2,1H3,(H,23,24)/b19-15-. The lowest BCUT2D eigenvalue weighted by atomic mass is 10.1. The first-order valence-electron chi connectivity index (χ1n) is 8.53. The first kappa shape index (κ1) is 18.7. The number of hydrogen-bond donors (Lipinski definition) is 1. The molecule has 3 rings (SSSR count). The predicted octanol–water partition coefficient (Wildman–Crippen LogP) is 5.14. The van der Waals surface area contributed by atoms with Crippen molar-refractivity contribution < 1.29 is 19.4 Å². The van der Waals surface area contributed by atoms with Crippen LogP contribution in [0.4, 0.5) is 0 Å². The molecule has 1 heterocycles. The minimum absolute atomic E-state index is 0.269. The molecule has 0 saturated heterocycles. The Morgan fingerprint density at radius 1 is 1.04 bits per heavy atom. The van der Waals surface area contributed by atoms with E-state index in [1.807, 2.05) is 66.9 Å². The minimum Gasteiger partial charge on any atom is -0.490 e. The number of hydrogen-bond acceptors (Lipinski definition) is 4. The molecule has 0 fully saturated rings. The van der Waals surface area contributed by atoms with Gasteiger partial charge in [0.05, 0.1) is 5.57 Å². The summed E-state index contributed by atoms with van der Waals surface area (Å²) in [5, 5.41) is 11.3. The van der Waals surface area contributed by atoms with E-state index in [-0.39, 0.29) is 5.57 Å². The van der Waals surface area contributed by atoms with Crippen LogP contribution in [0.25, 0.3) is 11.6 Å². The third kappa shape index (κ3) is 5.21. The quantitative estimate of drug-likeness (QED) is 0.434. The third-order valence-corrected chi connectivity index (χ3v) is 4.79. The van der Waals surface area contributed by atoms with E-state index in [2.05, 4.69) is 0 Å². The molecule has 5 heteroatoms. The number of thiophene rings is 1. The summed E-state index contributed by atoms with van der Waals surface area (Å²) in [6.45, 7) is 2.83. The number of carboxylic acid groups (broad SMARTS) is 1. The Hall–Kier alpha value is -3.05. The van der Waals surface area contributed by atoms with Crippen molar-refractivity contribution in [3.8, 4) is 11.5 Å². The van der Waals surface area contributed by atoms with Crippen LogP contribution in [0.1, 0.15) is 16.0 Å². The Labute approximate surface area is 162 Å². The fraction of sp³-hybridized carbons (Fsp3) is 0.136. The van der Waals surface area contributed by atoms with E-state index in [0.717, 1.165) is 21.8 Å². The molecule has 0 amide bonds. The molecule has 0 aliphatic carbocycles. The lowest BCUT2D eigenvalue weighted by Crippen LogP contribution is -2.09. The zero-order valence-corrected chi connectivity index (χ0v) is 15.7. The molecule has 3 aromatic rings. The molecular weight excluding hydrogens is 360 g/mol. The van der Waals surface area contributed by atoms with Gasteiger partial charge in [0, 0.05) is 4.88 Å². The van der Waals surface area contributed by atoms with Crippen molar-refractivity contribution in [3.05, 3.63) is 82.0 Å². The van der Waals surface area contributed by atoms with Crippen LogP contribution >= 0.6 is 11.3 Å². The molecule has 4 nitrogen and oxygen atoms in total. The molecule has 0 aliphatic rings. The summed E-state index contributed by atoms with van der Waals surface area (Å²) in [4.78, 5) is 12.3. The number of carboxylic acids is 1. The monoisotopic (exact) mass is 380 g/mol. The molecule has 0 saturated carbocycles. The van der Waals surface area contributed by atoms with Crippen molar-refractivity contribution in [1.82, 2.24) is 0 Å². The van der Waals surface area contributed by atoms with Crippen LogP contribution in [0.5, 0.6) is 11.5 Å². The van der Waals surface area contributed by atoms with Crippen LogP contribution < -0.4 is 9.47 Å². The molecule has 138 valence electrons. The highest BCUT2D eigenvalue weighted by molar-refractivity contribution is 7.11. The maximum absolute atomic E-state index is 11.6. The zero-order valence-electron chi connectivity index (χ0n) is 14.9. The maximum atomic E-state index is 11.6. The summed E-state index contributed by atoms with van der Waals surface area (Å²) in [5.41, 5.74) is 2.13. The van der Waals surface area contributed by atoms with Crippen LogP contribution in [0.15, 0.2) is 66.0 Å². The van der Waals surface area contributed by atoms with Crippen LogP contribution in [0.3, 0.4) is 0 Å². The normalized spacial score (nSPS) is 11.2. The summed E-state index contributed by atoms with van der Waals surface area (Å²) < 4.78 is 11.5. The zero-order chi connectivity index (χ0) is 19.1. The number of ether oxygens (including phenoxy) is 2. The third-order valence-electron chi connectivity index (χ3n) is 3.89. The first-order valence-corrected chi connectivity index (χ1v) is 9.41. The van der Waals surface area contributed by atoms with Gasteiger partial charge in [0.25, 0.3) is 0 Å². The number of benzene rings is 2. The highest BCUT2D eigenvalue weighted by Gasteiger charge is 2.11. The SMILES string of the molecule is Cc1ccccc1OCCOc1cccc(/C=C(\C(=O)O)c2cccs2)c1. The minimum atomic E-state index is -0.949. The van der Waals surface area contributed by atoms with Gasteiger partial charge >= 0.3 is 5.97 Å². The number of para-hydroxylation sites is 1.